The van der Waals surface area contributed by atoms with Crippen LogP contribution < -0.4 is 5.32 Å². The Kier molecular flexibility index (Phi) is 7.04. The smallest absolute Gasteiger partial charge is 0.239 e. The lowest BCUT2D eigenvalue weighted by molar-refractivity contribution is -0.132. The molecule has 1 N–H and O–H groups in total. The van der Waals surface area contributed by atoms with E-state index in [1.807, 2.05) is 53.5 Å². The number of aryl methyl sites for hydroxylation is 3. The minimum absolute atomic E-state index is 0.0647. The molecule has 9 nitrogen and oxygen atoms in total. The van der Waals surface area contributed by atoms with Crippen LogP contribution >= 0.6 is 11.6 Å². The number of piperazine rings is 1. The van der Waals surface area contributed by atoms with Gasteiger partial charge in [0.05, 0.1) is 24.3 Å². The normalized spacial score (nSPS) is 14.4. The van der Waals surface area contributed by atoms with Gasteiger partial charge in [-0.05, 0) is 45.4 Å². The van der Waals surface area contributed by atoms with Crippen LogP contribution in [0.25, 0.3) is 5.69 Å². The Morgan fingerprint density at radius 2 is 1.82 bits per heavy atom. The summed E-state index contributed by atoms with van der Waals surface area (Å²) in [6, 6.07) is 7.51. The van der Waals surface area contributed by atoms with E-state index in [9.17, 15) is 9.59 Å². The molecule has 10 heteroatoms. The number of nitrogens with one attached hydrogen (secondary N) is 1. The van der Waals surface area contributed by atoms with Gasteiger partial charge in [-0.25, -0.2) is 4.68 Å². The minimum atomic E-state index is -0.150. The highest BCUT2D eigenvalue weighted by molar-refractivity contribution is 6.31. The van der Waals surface area contributed by atoms with E-state index in [-0.39, 0.29) is 18.4 Å². The Morgan fingerprint density at radius 3 is 2.47 bits per heavy atom. The molecule has 0 aliphatic carbocycles. The third kappa shape index (κ3) is 5.31. The lowest BCUT2D eigenvalue weighted by Gasteiger charge is -2.34. The van der Waals surface area contributed by atoms with E-state index in [4.69, 9.17) is 16.1 Å². The summed E-state index contributed by atoms with van der Waals surface area (Å²) in [4.78, 5) is 29.2. The van der Waals surface area contributed by atoms with E-state index >= 15 is 0 Å². The predicted molar refractivity (Wildman–Crippen MR) is 129 cm³/mol. The highest BCUT2D eigenvalue weighted by Gasteiger charge is 2.25. The van der Waals surface area contributed by atoms with E-state index in [1.165, 1.54) is 0 Å². The Hall–Kier alpha value is -3.17. The van der Waals surface area contributed by atoms with Crippen LogP contribution in [0.2, 0.25) is 5.02 Å². The number of carbonyl (C=O) groups is 2. The predicted octanol–water partition coefficient (Wildman–Crippen LogP) is 3.07. The van der Waals surface area contributed by atoms with Crippen molar-refractivity contribution < 1.29 is 14.1 Å². The van der Waals surface area contributed by atoms with E-state index < -0.39 is 0 Å². The maximum atomic E-state index is 13.0. The van der Waals surface area contributed by atoms with Crippen LogP contribution in [0.5, 0.6) is 0 Å². The molecule has 0 radical (unpaired) electrons. The fourth-order valence-electron chi connectivity index (χ4n) is 4.12. The molecule has 180 valence electrons. The van der Waals surface area contributed by atoms with Crippen molar-refractivity contribution in [3.63, 3.8) is 0 Å². The minimum Gasteiger partial charge on any atom is -0.360 e. The molecule has 3 aromatic rings. The molecule has 0 unspecified atom stereocenters. The standard InChI is InChI=1S/C24H29ClN6O3/c1-15-5-6-19(12-21(15)25)31-18(4)20(17(3)27-31)13-24(33)30-9-7-29(8-10-30)14-23(32)26-22-11-16(2)34-28-22/h5-6,11-12H,7-10,13-14H2,1-4H3,(H,26,28,32). The number of benzene rings is 1. The second kappa shape index (κ2) is 9.99. The number of hydrogen-bond donors (Lipinski definition) is 1. The average molecular weight is 485 g/mol. The van der Waals surface area contributed by atoms with Crippen molar-refractivity contribution in [2.75, 3.05) is 38.0 Å². The number of anilines is 1. The lowest BCUT2D eigenvalue weighted by atomic mass is 10.1. The van der Waals surface area contributed by atoms with Crippen LogP contribution in [-0.4, -0.2) is 69.3 Å². The van der Waals surface area contributed by atoms with Crippen LogP contribution in [0.1, 0.15) is 28.3 Å². The molecule has 4 rings (SSSR count). The molecule has 0 bridgehead atoms. The summed E-state index contributed by atoms with van der Waals surface area (Å²) < 4.78 is 6.81. The molecule has 1 saturated heterocycles. The average Bonchev–Trinajstić information content (AvgIpc) is 3.33. The van der Waals surface area contributed by atoms with Crippen LogP contribution in [-0.2, 0) is 16.0 Å². The van der Waals surface area contributed by atoms with Crippen molar-refractivity contribution in [1.29, 1.82) is 0 Å². The summed E-state index contributed by atoms with van der Waals surface area (Å²) >= 11 is 6.30. The number of aromatic nitrogens is 3. The van der Waals surface area contributed by atoms with Crippen LogP contribution in [0.15, 0.2) is 28.8 Å². The van der Waals surface area contributed by atoms with Gasteiger partial charge in [0.25, 0.3) is 0 Å². The first-order valence-corrected chi connectivity index (χ1v) is 11.6. The van der Waals surface area contributed by atoms with Gasteiger partial charge < -0.3 is 14.7 Å². The van der Waals surface area contributed by atoms with Crippen molar-refractivity contribution >= 4 is 29.2 Å². The van der Waals surface area contributed by atoms with Gasteiger partial charge >= 0.3 is 0 Å². The number of halogens is 1. The largest absolute Gasteiger partial charge is 0.360 e. The zero-order valence-electron chi connectivity index (χ0n) is 19.9. The molecule has 1 aliphatic rings. The van der Waals surface area contributed by atoms with Crippen LogP contribution in [0.3, 0.4) is 0 Å². The number of amides is 2. The van der Waals surface area contributed by atoms with E-state index in [1.54, 1.807) is 13.0 Å². The zero-order chi connectivity index (χ0) is 24.4. The van der Waals surface area contributed by atoms with E-state index in [0.29, 0.717) is 49.2 Å². The van der Waals surface area contributed by atoms with Gasteiger partial charge in [-0.15, -0.1) is 0 Å². The Bertz CT molecular complexity index is 1210. The number of rotatable bonds is 6. The molecule has 1 aliphatic heterocycles. The molecule has 3 heterocycles. The van der Waals surface area contributed by atoms with E-state index in [0.717, 1.165) is 28.2 Å². The third-order valence-electron chi connectivity index (χ3n) is 6.16. The van der Waals surface area contributed by atoms with Gasteiger partial charge in [-0.2, -0.15) is 5.10 Å². The SMILES string of the molecule is Cc1cc(NC(=O)CN2CCN(C(=O)Cc3c(C)nn(-c4ccc(C)c(Cl)c4)c3C)CC2)no1. The van der Waals surface area contributed by atoms with Gasteiger partial charge in [0.2, 0.25) is 11.8 Å². The van der Waals surface area contributed by atoms with Gasteiger partial charge in [0.1, 0.15) is 5.76 Å². The van der Waals surface area contributed by atoms with Crippen LogP contribution in [0.4, 0.5) is 5.82 Å². The summed E-state index contributed by atoms with van der Waals surface area (Å²) in [7, 11) is 0. The molecule has 0 atom stereocenters. The first-order chi connectivity index (χ1) is 16.2. The van der Waals surface area contributed by atoms with Crippen molar-refractivity contribution in [2.45, 2.75) is 34.1 Å². The molecular weight excluding hydrogens is 456 g/mol. The fourth-order valence-corrected chi connectivity index (χ4v) is 4.30. The zero-order valence-corrected chi connectivity index (χ0v) is 20.6. The first-order valence-electron chi connectivity index (χ1n) is 11.3. The molecule has 1 fully saturated rings. The fraction of sp³-hybridized carbons (Fsp3) is 0.417. The highest BCUT2D eigenvalue weighted by Crippen LogP contribution is 2.23. The summed E-state index contributed by atoms with van der Waals surface area (Å²) in [5, 5.41) is 11.8. The molecular formula is C24H29ClN6O3. The second-order valence-corrected chi connectivity index (χ2v) is 9.11. The molecule has 2 amide bonds. The third-order valence-corrected chi connectivity index (χ3v) is 6.56. The molecule has 0 saturated carbocycles. The van der Waals surface area contributed by atoms with Crippen molar-refractivity contribution in [3.05, 3.63) is 57.6 Å². The Labute approximate surface area is 203 Å². The van der Waals surface area contributed by atoms with Gasteiger partial charge in [0.15, 0.2) is 5.82 Å². The summed E-state index contributed by atoms with van der Waals surface area (Å²) in [6.07, 6.45) is 0.295. The highest BCUT2D eigenvalue weighted by atomic mass is 35.5. The van der Waals surface area contributed by atoms with Crippen molar-refractivity contribution in [2.24, 2.45) is 0 Å². The number of carbonyl (C=O) groups excluding carboxylic acids is 2. The quantitative estimate of drug-likeness (QED) is 0.577. The first kappa shape index (κ1) is 24.0. The molecule has 2 aromatic heterocycles. The second-order valence-electron chi connectivity index (χ2n) is 8.70. The molecule has 34 heavy (non-hydrogen) atoms. The Morgan fingerprint density at radius 1 is 1.09 bits per heavy atom. The Balaban J connectivity index is 1.33. The van der Waals surface area contributed by atoms with Gasteiger partial charge in [-0.3, -0.25) is 14.5 Å². The summed E-state index contributed by atoms with van der Waals surface area (Å²) in [5.41, 5.74) is 4.59. The maximum Gasteiger partial charge on any atom is 0.239 e. The summed E-state index contributed by atoms with van der Waals surface area (Å²) in [6.45, 7) is 10.3. The van der Waals surface area contributed by atoms with Gasteiger partial charge in [-0.1, -0.05) is 22.8 Å². The maximum absolute atomic E-state index is 13.0. The lowest BCUT2D eigenvalue weighted by Crippen LogP contribution is -2.50. The topological polar surface area (TPSA) is 96.5 Å². The monoisotopic (exact) mass is 484 g/mol. The van der Waals surface area contributed by atoms with Crippen molar-refractivity contribution in [1.82, 2.24) is 24.7 Å². The van der Waals surface area contributed by atoms with Crippen LogP contribution in [0, 0.1) is 27.7 Å². The van der Waals surface area contributed by atoms with E-state index in [2.05, 4.69) is 15.6 Å². The number of hydrogen-bond acceptors (Lipinski definition) is 6. The summed E-state index contributed by atoms with van der Waals surface area (Å²) in [5.74, 6) is 0.967. The molecule has 0 spiro atoms. The van der Waals surface area contributed by atoms with Gasteiger partial charge in [0, 0.05) is 48.5 Å². The number of nitrogens with zero attached hydrogens (tertiary/aromatic N) is 5. The van der Waals surface area contributed by atoms with Crippen molar-refractivity contribution in [3.8, 4) is 5.69 Å². The molecule has 1 aromatic carbocycles.